The van der Waals surface area contributed by atoms with Gasteiger partial charge in [0.15, 0.2) is 6.04 Å². The van der Waals surface area contributed by atoms with Crippen LogP contribution in [0.15, 0.2) is 0 Å². The van der Waals surface area contributed by atoms with Gasteiger partial charge in [-0.25, -0.2) is 9.59 Å². The second-order valence-electron chi connectivity index (χ2n) is 1.99. The number of carbonyl (C=O) groups excluding carboxylic acids is 1. The van der Waals surface area contributed by atoms with Crippen LogP contribution in [0.25, 0.3) is 0 Å². The van der Waals surface area contributed by atoms with E-state index in [1.807, 2.05) is 0 Å². The zero-order chi connectivity index (χ0) is 9.02. The molecule has 0 aromatic carbocycles. The first-order chi connectivity index (χ1) is 5.00. The number of aliphatic hydroxyl groups excluding tert-OH is 1. The monoisotopic (exact) mass is 179 g/mol. The number of hydrogen-bond acceptors (Lipinski definition) is 4. The lowest BCUT2D eigenvalue weighted by atomic mass is 10.3. The van der Waals surface area contributed by atoms with Gasteiger partial charge in [-0.1, -0.05) is 0 Å². The largest absolute Gasteiger partial charge is 0.486 e. The van der Waals surface area contributed by atoms with Crippen LogP contribution in [0.2, 0.25) is 0 Å². The third kappa shape index (κ3) is 2.87. The molecule has 0 rings (SSSR count). The Labute approximate surface area is 69.2 Å². The fourth-order valence-electron chi connectivity index (χ4n) is 0.519. The molecule has 0 aliphatic heterocycles. The van der Waals surface area contributed by atoms with Gasteiger partial charge in [0.05, 0.1) is 6.92 Å². The zero-order valence-electron chi connectivity index (χ0n) is 5.90. The summed E-state index contributed by atoms with van der Waals surface area (Å²) in [6.07, 6.45) is 0. The molecule has 0 radical (unpaired) electrons. The molecular formula is C5H9NO4S. The number of carbonyl (C=O) groups is 2. The van der Waals surface area contributed by atoms with Crippen LogP contribution in [0.3, 0.4) is 0 Å². The molecule has 6 heteroatoms. The summed E-state index contributed by atoms with van der Waals surface area (Å²) in [7, 11) is 0. The van der Waals surface area contributed by atoms with E-state index in [2.05, 4.69) is 12.8 Å². The summed E-state index contributed by atoms with van der Waals surface area (Å²) >= 11 is 4.48. The lowest BCUT2D eigenvalue weighted by Crippen LogP contribution is -3.15. The predicted molar refractivity (Wildman–Crippen MR) is 37.5 cm³/mol. The molecule has 0 fully saturated rings. The Morgan fingerprint density at radius 1 is 1.64 bits per heavy atom. The normalized spacial score (nSPS) is 15.5. The molecule has 2 atom stereocenters. The molecule has 3 N–H and O–H groups in total. The number of nitrogens with one attached hydrogen (secondary N) is 1. The summed E-state index contributed by atoms with van der Waals surface area (Å²) in [5.41, 5.74) is 0. The lowest BCUT2D eigenvalue weighted by molar-refractivity contribution is -0.691. The number of carboxylic acid groups (broad SMARTS) is 1. The van der Waals surface area contributed by atoms with Crippen LogP contribution < -0.4 is 4.31 Å². The number of amides is 1. The summed E-state index contributed by atoms with van der Waals surface area (Å²) in [5.74, 6) is -1.76. The Morgan fingerprint density at radius 3 is 2.18 bits per heavy atom. The number of aliphatic hydroxyl groups is 1. The van der Waals surface area contributed by atoms with Crippen LogP contribution in [-0.4, -0.2) is 34.7 Å². The van der Waals surface area contributed by atoms with E-state index in [-0.39, 0.29) is 4.31 Å². The van der Waals surface area contributed by atoms with Crippen LogP contribution in [0.5, 0.6) is 0 Å². The van der Waals surface area contributed by atoms with Crippen molar-refractivity contribution in [2.45, 2.75) is 13.0 Å². The number of carboxylic acids is 1. The molecule has 5 nitrogen and oxygen atoms in total. The molecule has 0 spiro atoms. The van der Waals surface area contributed by atoms with Crippen molar-refractivity contribution in [1.82, 2.24) is 0 Å². The van der Waals surface area contributed by atoms with Crippen molar-refractivity contribution >= 4 is 24.7 Å². The molecule has 1 amide bonds. The van der Waals surface area contributed by atoms with E-state index in [0.29, 0.717) is 0 Å². The third-order valence-electron chi connectivity index (χ3n) is 1.14. The molecule has 0 aromatic rings. The molecule has 0 bridgehead atoms. The van der Waals surface area contributed by atoms with E-state index in [9.17, 15) is 9.59 Å². The predicted octanol–water partition coefficient (Wildman–Crippen LogP) is -2.67. The Bertz CT molecular complexity index is 172. The van der Waals surface area contributed by atoms with Gasteiger partial charge in [0.1, 0.15) is 6.61 Å². The van der Waals surface area contributed by atoms with Gasteiger partial charge in [0.2, 0.25) is 0 Å². The van der Waals surface area contributed by atoms with Gasteiger partial charge in [0.25, 0.3) is 5.91 Å². The second kappa shape index (κ2) is 4.32. The van der Waals surface area contributed by atoms with Gasteiger partial charge >= 0.3 is 5.97 Å². The van der Waals surface area contributed by atoms with Gasteiger partial charge in [0, 0.05) is 0 Å². The average Bonchev–Trinajstić information content (AvgIpc) is 1.88. The highest BCUT2D eigenvalue weighted by atomic mass is 32.1. The summed E-state index contributed by atoms with van der Waals surface area (Å²) < 4.78 is -0.236. The molecule has 0 aliphatic carbocycles. The Balaban J connectivity index is 4.25. The molecular weight excluding hydrogens is 170 g/mol. The fraction of sp³-hybridized carbons (Fsp3) is 0.600. The minimum atomic E-state index is -1.27. The van der Waals surface area contributed by atoms with Gasteiger partial charge in [-0.15, -0.1) is 0 Å². The van der Waals surface area contributed by atoms with E-state index < -0.39 is 24.5 Å². The maximum atomic E-state index is 10.5. The van der Waals surface area contributed by atoms with E-state index >= 15 is 0 Å². The minimum Gasteiger partial charge on any atom is -0.486 e. The highest BCUT2D eigenvalue weighted by Crippen LogP contribution is 1.74. The van der Waals surface area contributed by atoms with Crippen LogP contribution in [0.1, 0.15) is 6.92 Å². The van der Waals surface area contributed by atoms with Gasteiger partial charge < -0.3 is 27.3 Å². The second-order valence-corrected chi connectivity index (χ2v) is 2.43. The number of rotatable bonds is 3. The van der Waals surface area contributed by atoms with Crippen LogP contribution >= 0.6 is 0 Å². The summed E-state index contributed by atoms with van der Waals surface area (Å²) in [5, 5.41) is 16.9. The Hall–Kier alpha value is -0.590. The van der Waals surface area contributed by atoms with Gasteiger partial charge in [-0.05, 0) is 0 Å². The fourth-order valence-corrected chi connectivity index (χ4v) is 0.694. The van der Waals surface area contributed by atoms with E-state index in [4.69, 9.17) is 10.2 Å². The topological polar surface area (TPSA) is 79.0 Å². The van der Waals surface area contributed by atoms with E-state index in [1.54, 1.807) is 0 Å². The maximum absolute atomic E-state index is 10.5. The van der Waals surface area contributed by atoms with Gasteiger partial charge in [-0.3, -0.25) is 0 Å². The summed E-state index contributed by atoms with van der Waals surface area (Å²) in [4.78, 5) is 20.8. The van der Waals surface area contributed by atoms with Crippen molar-refractivity contribution in [2.75, 3.05) is 6.61 Å². The Morgan fingerprint density at radius 2 is 2.09 bits per heavy atom. The van der Waals surface area contributed by atoms with Crippen molar-refractivity contribution in [1.29, 1.82) is 0 Å². The first-order valence-corrected chi connectivity index (χ1v) is 3.30. The van der Waals surface area contributed by atoms with E-state index in [0.717, 1.165) is 0 Å². The quantitative estimate of drug-likeness (QED) is 0.412. The molecule has 64 valence electrons. The van der Waals surface area contributed by atoms with Crippen LogP contribution in [-0.2, 0) is 22.4 Å². The first kappa shape index (κ1) is 10.4. The molecule has 0 aromatic heterocycles. The SMILES string of the molecule is CC(=O)[NH+]([S-])[C@@H](CO)C(=O)O. The standard InChI is InChI=1S/C5H9NO4S/c1-3(8)6(11)4(2-7)5(9)10/h4,6-7H,2H2,1H3,(H,9,10)/t4-/m0/s1. The van der Waals surface area contributed by atoms with Crippen LogP contribution in [0, 0.1) is 0 Å². The number of aliphatic carboxylic acids is 1. The molecule has 0 aliphatic rings. The molecule has 0 heterocycles. The van der Waals surface area contributed by atoms with Crippen molar-refractivity contribution in [2.24, 2.45) is 0 Å². The summed E-state index contributed by atoms with van der Waals surface area (Å²) in [6.45, 7) is 0.543. The average molecular weight is 179 g/mol. The first-order valence-electron chi connectivity index (χ1n) is 2.89. The van der Waals surface area contributed by atoms with Crippen molar-refractivity contribution < 1.29 is 24.1 Å². The lowest BCUT2D eigenvalue weighted by Gasteiger charge is -2.24. The van der Waals surface area contributed by atoms with Crippen molar-refractivity contribution in [3.05, 3.63) is 0 Å². The van der Waals surface area contributed by atoms with Crippen LogP contribution in [0.4, 0.5) is 0 Å². The highest BCUT2D eigenvalue weighted by Gasteiger charge is 2.24. The summed E-state index contributed by atoms with van der Waals surface area (Å²) in [6, 6.07) is -1.23. The smallest absolute Gasteiger partial charge is 0.364 e. The van der Waals surface area contributed by atoms with Crippen molar-refractivity contribution in [3.63, 3.8) is 0 Å². The van der Waals surface area contributed by atoms with Gasteiger partial charge in [-0.2, -0.15) is 0 Å². The zero-order valence-corrected chi connectivity index (χ0v) is 6.72. The van der Waals surface area contributed by atoms with Crippen molar-refractivity contribution in [3.8, 4) is 0 Å². The number of quaternary nitrogens is 1. The molecule has 1 unspecified atom stereocenters. The Kier molecular flexibility index (Phi) is 4.09. The third-order valence-corrected chi connectivity index (χ3v) is 1.72. The number of hydrogen-bond donors (Lipinski definition) is 3. The molecule has 0 saturated carbocycles. The van der Waals surface area contributed by atoms with E-state index in [1.165, 1.54) is 6.92 Å². The minimum absolute atomic E-state index is 0.236. The maximum Gasteiger partial charge on any atom is 0.364 e. The molecule has 0 saturated heterocycles. The highest BCUT2D eigenvalue weighted by molar-refractivity contribution is 7.51. The molecule has 11 heavy (non-hydrogen) atoms.